The quantitative estimate of drug-likeness (QED) is 0.685. The number of pyridine rings is 1. The van der Waals surface area contributed by atoms with E-state index in [2.05, 4.69) is 24.1 Å². The van der Waals surface area contributed by atoms with Crippen molar-refractivity contribution in [2.24, 2.45) is 0 Å². The summed E-state index contributed by atoms with van der Waals surface area (Å²) in [6, 6.07) is 11.0. The molecule has 0 atom stereocenters. The molecule has 2 heterocycles. The second-order valence-electron chi connectivity index (χ2n) is 8.91. The molecule has 1 saturated heterocycles. The summed E-state index contributed by atoms with van der Waals surface area (Å²) < 4.78 is 11.4. The minimum Gasteiger partial charge on any atom is -0.444 e. The van der Waals surface area contributed by atoms with Crippen molar-refractivity contribution in [3.8, 4) is 11.6 Å². The Morgan fingerprint density at radius 2 is 1.90 bits per heavy atom. The fourth-order valence-electron chi connectivity index (χ4n) is 3.56. The molecule has 1 aromatic heterocycles. The van der Waals surface area contributed by atoms with Crippen molar-refractivity contribution in [3.05, 3.63) is 63.5 Å². The van der Waals surface area contributed by atoms with Crippen LogP contribution in [0.2, 0.25) is 0 Å². The van der Waals surface area contributed by atoms with Gasteiger partial charge in [0.1, 0.15) is 11.4 Å². The van der Waals surface area contributed by atoms with Crippen LogP contribution in [0.25, 0.3) is 6.08 Å². The molecule has 2 aromatic rings. The molecule has 1 aliphatic rings. The lowest BCUT2D eigenvalue weighted by atomic mass is 9.99. The molecule has 1 N–H and O–H groups in total. The fourth-order valence-corrected chi connectivity index (χ4v) is 3.56. The van der Waals surface area contributed by atoms with Crippen molar-refractivity contribution in [3.63, 3.8) is 0 Å². The Morgan fingerprint density at radius 1 is 1.16 bits per heavy atom. The lowest BCUT2D eigenvalue weighted by molar-refractivity contribution is 0.0237. The van der Waals surface area contributed by atoms with E-state index in [-0.39, 0.29) is 11.7 Å². The van der Waals surface area contributed by atoms with Crippen molar-refractivity contribution in [1.82, 2.24) is 9.88 Å². The van der Waals surface area contributed by atoms with Gasteiger partial charge in [-0.3, -0.25) is 9.78 Å². The van der Waals surface area contributed by atoms with Crippen LogP contribution in [0, 0.1) is 0 Å². The normalized spacial score (nSPS) is 14.3. The topological polar surface area (TPSA) is 71.6 Å². The number of carbonyl (C=O) groups excluding carboxylic acids is 1. The van der Waals surface area contributed by atoms with Gasteiger partial charge in [0.05, 0.1) is 0 Å². The molecule has 1 aliphatic heterocycles. The zero-order chi connectivity index (χ0) is 22.4. The van der Waals surface area contributed by atoms with Crippen LogP contribution in [0.15, 0.2) is 46.8 Å². The van der Waals surface area contributed by atoms with Crippen LogP contribution in [0.5, 0.6) is 11.6 Å². The number of nitrogens with zero attached hydrogens (tertiary/aromatic N) is 1. The summed E-state index contributed by atoms with van der Waals surface area (Å²) in [7, 11) is 0. The Labute approximate surface area is 183 Å². The summed E-state index contributed by atoms with van der Waals surface area (Å²) in [5, 5.41) is 0. The summed E-state index contributed by atoms with van der Waals surface area (Å²) in [5.41, 5.74) is 2.89. The van der Waals surface area contributed by atoms with Crippen molar-refractivity contribution in [2.75, 3.05) is 13.1 Å². The van der Waals surface area contributed by atoms with E-state index >= 15 is 0 Å². The summed E-state index contributed by atoms with van der Waals surface area (Å²) >= 11 is 0. The average molecular weight is 425 g/mol. The van der Waals surface area contributed by atoms with E-state index in [1.54, 1.807) is 17.0 Å². The predicted octanol–water partition coefficient (Wildman–Crippen LogP) is 5.53. The van der Waals surface area contributed by atoms with E-state index in [0.29, 0.717) is 24.7 Å². The number of ether oxygens (including phenoxy) is 2. The van der Waals surface area contributed by atoms with Gasteiger partial charge in [0.2, 0.25) is 0 Å². The number of nitrogens with one attached hydrogen (secondary N) is 1. The van der Waals surface area contributed by atoms with Crippen LogP contribution >= 0.6 is 0 Å². The highest BCUT2D eigenvalue weighted by molar-refractivity contribution is 5.68. The average Bonchev–Trinajstić information content (AvgIpc) is 2.67. The lowest BCUT2D eigenvalue weighted by Gasteiger charge is -2.31. The third-order valence-electron chi connectivity index (χ3n) is 4.92. The summed E-state index contributed by atoms with van der Waals surface area (Å²) in [6.45, 7) is 9.11. The highest BCUT2D eigenvalue weighted by Gasteiger charge is 2.24. The first kappa shape index (κ1) is 22.7. The number of likely N-dealkylation sites (tertiary alicyclic amines) is 1. The molecule has 0 aliphatic carbocycles. The van der Waals surface area contributed by atoms with Gasteiger partial charge in [0.25, 0.3) is 5.56 Å². The zero-order valence-electron chi connectivity index (χ0n) is 18.9. The number of aryl methyl sites for hydroxylation is 1. The smallest absolute Gasteiger partial charge is 0.410 e. The zero-order valence-corrected chi connectivity index (χ0v) is 18.9. The SMILES string of the molecule is CCCc1cc(C=C2CCN(C(=O)OC(C)(C)C)CC2)cc(Oc2cccc(=O)[nH]2)c1. The van der Waals surface area contributed by atoms with Gasteiger partial charge in [0, 0.05) is 19.2 Å². The number of benzene rings is 1. The first-order valence-electron chi connectivity index (χ1n) is 10.9. The molecule has 3 rings (SSSR count). The Bertz CT molecular complexity index is 991. The number of piperidine rings is 1. The van der Waals surface area contributed by atoms with E-state index in [1.807, 2.05) is 32.9 Å². The second kappa shape index (κ2) is 9.86. The van der Waals surface area contributed by atoms with Gasteiger partial charge < -0.3 is 14.4 Å². The van der Waals surface area contributed by atoms with E-state index in [1.165, 1.54) is 17.2 Å². The van der Waals surface area contributed by atoms with Gasteiger partial charge in [-0.2, -0.15) is 0 Å². The van der Waals surface area contributed by atoms with E-state index < -0.39 is 5.60 Å². The number of amides is 1. The molecular formula is C25H32N2O4. The number of aromatic nitrogens is 1. The van der Waals surface area contributed by atoms with Crippen LogP contribution in [-0.4, -0.2) is 34.7 Å². The van der Waals surface area contributed by atoms with Gasteiger partial charge in [0.15, 0.2) is 5.88 Å². The molecule has 31 heavy (non-hydrogen) atoms. The first-order chi connectivity index (χ1) is 14.7. The third kappa shape index (κ3) is 7.02. The van der Waals surface area contributed by atoms with Crippen molar-refractivity contribution in [1.29, 1.82) is 0 Å². The molecule has 0 bridgehead atoms. The predicted molar refractivity (Wildman–Crippen MR) is 123 cm³/mol. The Hall–Kier alpha value is -3.02. The monoisotopic (exact) mass is 424 g/mol. The van der Waals surface area contributed by atoms with Gasteiger partial charge in [-0.1, -0.05) is 37.1 Å². The van der Waals surface area contributed by atoms with E-state index in [0.717, 1.165) is 31.2 Å². The Morgan fingerprint density at radius 3 is 2.55 bits per heavy atom. The first-order valence-corrected chi connectivity index (χ1v) is 10.9. The molecule has 1 amide bonds. The number of hydrogen-bond acceptors (Lipinski definition) is 4. The summed E-state index contributed by atoms with van der Waals surface area (Å²) in [5.74, 6) is 1.12. The van der Waals surface area contributed by atoms with E-state index in [4.69, 9.17) is 9.47 Å². The standard InChI is InChI=1S/C25H32N2O4/c1-5-7-19-15-20(17-21(16-19)30-23-9-6-8-22(28)26-23)14-18-10-12-27(13-11-18)24(29)31-25(2,3)4/h6,8-9,14-17H,5,7,10-13H2,1-4H3,(H,26,28). The van der Waals surface area contributed by atoms with Crippen LogP contribution < -0.4 is 10.3 Å². The maximum Gasteiger partial charge on any atom is 0.410 e. The number of rotatable bonds is 5. The number of hydrogen-bond donors (Lipinski definition) is 1. The number of H-pyrrole nitrogens is 1. The highest BCUT2D eigenvalue weighted by Crippen LogP contribution is 2.27. The van der Waals surface area contributed by atoms with Crippen molar-refractivity contribution >= 4 is 12.2 Å². The van der Waals surface area contributed by atoms with Gasteiger partial charge >= 0.3 is 6.09 Å². The second-order valence-corrected chi connectivity index (χ2v) is 8.91. The highest BCUT2D eigenvalue weighted by atomic mass is 16.6. The minimum absolute atomic E-state index is 0.193. The van der Waals surface area contributed by atoms with Crippen molar-refractivity contribution < 1.29 is 14.3 Å². The summed E-state index contributed by atoms with van der Waals surface area (Å²) in [4.78, 5) is 28.3. The molecule has 1 aromatic carbocycles. The molecular weight excluding hydrogens is 392 g/mol. The van der Waals surface area contributed by atoms with E-state index in [9.17, 15) is 9.59 Å². The fraction of sp³-hybridized carbons (Fsp3) is 0.440. The maximum absolute atomic E-state index is 12.3. The Balaban J connectivity index is 1.73. The largest absolute Gasteiger partial charge is 0.444 e. The lowest BCUT2D eigenvalue weighted by Crippen LogP contribution is -2.40. The molecule has 0 radical (unpaired) electrons. The molecule has 0 saturated carbocycles. The van der Waals surface area contributed by atoms with Crippen LogP contribution in [0.4, 0.5) is 4.79 Å². The summed E-state index contributed by atoms with van der Waals surface area (Å²) in [6.07, 6.45) is 5.56. The number of aromatic amines is 1. The van der Waals surface area contributed by atoms with Crippen LogP contribution in [0.1, 0.15) is 58.1 Å². The van der Waals surface area contributed by atoms with Gasteiger partial charge in [-0.15, -0.1) is 0 Å². The molecule has 6 nitrogen and oxygen atoms in total. The van der Waals surface area contributed by atoms with Gasteiger partial charge in [-0.25, -0.2) is 4.79 Å². The molecule has 1 fully saturated rings. The third-order valence-corrected chi connectivity index (χ3v) is 4.92. The molecule has 6 heteroatoms. The maximum atomic E-state index is 12.3. The molecule has 0 spiro atoms. The Kier molecular flexibility index (Phi) is 7.21. The van der Waals surface area contributed by atoms with Gasteiger partial charge in [-0.05, 0) is 69.4 Å². The van der Waals surface area contributed by atoms with Crippen LogP contribution in [-0.2, 0) is 11.2 Å². The van der Waals surface area contributed by atoms with Crippen molar-refractivity contribution in [2.45, 2.75) is 59.0 Å². The molecule has 166 valence electrons. The number of carbonyl (C=O) groups is 1. The molecule has 0 unspecified atom stereocenters. The van der Waals surface area contributed by atoms with Crippen LogP contribution in [0.3, 0.4) is 0 Å². The minimum atomic E-state index is -0.480.